The summed E-state index contributed by atoms with van der Waals surface area (Å²) >= 11 is 0. The third kappa shape index (κ3) is 3.70. The summed E-state index contributed by atoms with van der Waals surface area (Å²) in [5.41, 5.74) is 1.65. The molecule has 3 aromatic rings. The van der Waals surface area contributed by atoms with Gasteiger partial charge in [0.2, 0.25) is 5.76 Å². The summed E-state index contributed by atoms with van der Waals surface area (Å²) in [7, 11) is 3.89. The van der Waals surface area contributed by atoms with Gasteiger partial charge in [-0.1, -0.05) is 23.8 Å². The summed E-state index contributed by atoms with van der Waals surface area (Å²) in [5, 5.41) is 11.7. The van der Waals surface area contributed by atoms with Crippen LogP contribution in [0.2, 0.25) is 0 Å². The molecule has 0 fully saturated rings. The maximum atomic E-state index is 13.5. The normalized spacial score (nSPS) is 15.7. The smallest absolute Gasteiger partial charge is 0.290 e. The highest BCUT2D eigenvalue weighted by molar-refractivity contribution is 5.99. The van der Waals surface area contributed by atoms with Crippen molar-refractivity contribution in [3.8, 4) is 0 Å². The molecule has 1 aliphatic rings. The molecule has 0 N–H and O–H groups in total. The van der Waals surface area contributed by atoms with Crippen molar-refractivity contribution < 1.29 is 14.1 Å². The lowest BCUT2D eigenvalue weighted by atomic mass is 9.97. The van der Waals surface area contributed by atoms with Gasteiger partial charge in [0.25, 0.3) is 11.6 Å². The minimum Gasteiger partial charge on any atom is -0.450 e. The van der Waals surface area contributed by atoms with E-state index in [4.69, 9.17) is 4.42 Å². The third-order valence-corrected chi connectivity index (χ3v) is 5.52. The van der Waals surface area contributed by atoms with Crippen molar-refractivity contribution in [2.45, 2.75) is 19.4 Å². The molecule has 0 saturated heterocycles. The van der Waals surface area contributed by atoms with Gasteiger partial charge in [0.15, 0.2) is 5.43 Å². The number of nitro groups is 1. The molecule has 1 aromatic heterocycles. The fourth-order valence-corrected chi connectivity index (χ4v) is 4.08. The number of aryl methyl sites for hydroxylation is 1. The average Bonchev–Trinajstić information content (AvgIpc) is 3.01. The van der Waals surface area contributed by atoms with Crippen LogP contribution in [0.1, 0.15) is 39.7 Å². The van der Waals surface area contributed by atoms with Crippen LogP contribution in [0.3, 0.4) is 0 Å². The molecule has 160 valence electrons. The van der Waals surface area contributed by atoms with Crippen LogP contribution in [0.5, 0.6) is 0 Å². The second kappa shape index (κ2) is 7.96. The third-order valence-electron chi connectivity index (χ3n) is 5.52. The van der Waals surface area contributed by atoms with Crippen molar-refractivity contribution >= 4 is 22.6 Å². The summed E-state index contributed by atoms with van der Waals surface area (Å²) in [6.07, 6.45) is 0.685. The Morgan fingerprint density at radius 1 is 1.16 bits per heavy atom. The Hall–Kier alpha value is -3.52. The molecule has 0 saturated carbocycles. The summed E-state index contributed by atoms with van der Waals surface area (Å²) in [4.78, 5) is 41.2. The first-order valence-electron chi connectivity index (χ1n) is 10.1. The van der Waals surface area contributed by atoms with Gasteiger partial charge in [-0.15, -0.1) is 0 Å². The van der Waals surface area contributed by atoms with Gasteiger partial charge < -0.3 is 14.2 Å². The molecular formula is C23H23N3O5. The van der Waals surface area contributed by atoms with Crippen molar-refractivity contribution in [2.75, 3.05) is 27.2 Å². The van der Waals surface area contributed by atoms with E-state index in [1.165, 1.54) is 12.1 Å². The van der Waals surface area contributed by atoms with E-state index in [-0.39, 0.29) is 28.3 Å². The molecule has 0 spiro atoms. The average molecular weight is 421 g/mol. The summed E-state index contributed by atoms with van der Waals surface area (Å²) in [6.45, 7) is 3.02. The Bertz CT molecular complexity index is 1250. The van der Waals surface area contributed by atoms with Gasteiger partial charge in [0, 0.05) is 18.7 Å². The molecule has 2 aromatic carbocycles. The van der Waals surface area contributed by atoms with Crippen molar-refractivity contribution in [1.29, 1.82) is 0 Å². The lowest BCUT2D eigenvalue weighted by molar-refractivity contribution is -0.384. The van der Waals surface area contributed by atoms with Gasteiger partial charge in [-0.05, 0) is 51.7 Å². The number of non-ortho nitro benzene ring substituents is 1. The molecule has 1 unspecified atom stereocenters. The number of nitrogens with zero attached hydrogens (tertiary/aromatic N) is 3. The van der Waals surface area contributed by atoms with Crippen molar-refractivity contribution in [3.05, 3.63) is 85.3 Å². The number of hydrogen-bond acceptors (Lipinski definition) is 6. The second-order valence-electron chi connectivity index (χ2n) is 8.08. The standard InChI is InChI=1S/C23H23N3O5/c1-14-8-9-18-17(12-14)21(27)19-20(15-6-4-7-16(13-15)26(29)30)25(11-5-10-24(2)3)23(28)22(19)31-18/h4,6-9,12-13,20H,5,10-11H2,1-3H3. The molecule has 31 heavy (non-hydrogen) atoms. The zero-order valence-electron chi connectivity index (χ0n) is 17.6. The van der Waals surface area contributed by atoms with Gasteiger partial charge >= 0.3 is 0 Å². The predicted molar refractivity (Wildman–Crippen MR) is 116 cm³/mol. The first-order valence-corrected chi connectivity index (χ1v) is 10.1. The number of nitro benzene ring substituents is 1. The van der Waals surface area contributed by atoms with Crippen LogP contribution in [0.15, 0.2) is 51.7 Å². The second-order valence-corrected chi connectivity index (χ2v) is 8.08. The highest BCUT2D eigenvalue weighted by atomic mass is 16.6. The largest absolute Gasteiger partial charge is 0.450 e. The van der Waals surface area contributed by atoms with E-state index in [1.807, 2.05) is 32.0 Å². The minimum absolute atomic E-state index is 0.0164. The fourth-order valence-electron chi connectivity index (χ4n) is 4.08. The van der Waals surface area contributed by atoms with Crippen LogP contribution >= 0.6 is 0 Å². The molecule has 8 heteroatoms. The highest BCUT2D eigenvalue weighted by Gasteiger charge is 2.42. The molecule has 1 aliphatic heterocycles. The zero-order chi connectivity index (χ0) is 22.3. The molecule has 1 atom stereocenters. The van der Waals surface area contributed by atoms with Gasteiger partial charge in [0.1, 0.15) is 5.58 Å². The topological polar surface area (TPSA) is 96.9 Å². The monoisotopic (exact) mass is 421 g/mol. The van der Waals surface area contributed by atoms with Gasteiger partial charge in [0.05, 0.1) is 21.9 Å². The first kappa shape index (κ1) is 20.7. The Labute approximate surface area is 178 Å². The van der Waals surface area contributed by atoms with E-state index in [9.17, 15) is 19.7 Å². The van der Waals surface area contributed by atoms with E-state index in [0.717, 1.165) is 12.1 Å². The van der Waals surface area contributed by atoms with E-state index >= 15 is 0 Å². The number of carbonyl (C=O) groups is 1. The van der Waals surface area contributed by atoms with Crippen molar-refractivity contribution in [1.82, 2.24) is 9.80 Å². The molecule has 0 bridgehead atoms. The Morgan fingerprint density at radius 2 is 1.94 bits per heavy atom. The SMILES string of the molecule is Cc1ccc2oc3c(c(=O)c2c1)C(c1cccc([N+](=O)[O-])c1)N(CCCN(C)C)C3=O. The molecular weight excluding hydrogens is 398 g/mol. The van der Waals surface area contributed by atoms with Gasteiger partial charge in [-0.3, -0.25) is 19.7 Å². The minimum atomic E-state index is -0.731. The Kier molecular flexibility index (Phi) is 5.32. The number of carbonyl (C=O) groups excluding carboxylic acids is 1. The van der Waals surface area contributed by atoms with Gasteiger partial charge in [-0.2, -0.15) is 0 Å². The van der Waals surface area contributed by atoms with Crippen LogP contribution in [-0.2, 0) is 0 Å². The number of rotatable bonds is 6. The van der Waals surface area contributed by atoms with E-state index in [1.54, 1.807) is 29.2 Å². The van der Waals surface area contributed by atoms with Crippen LogP contribution in [0.25, 0.3) is 11.0 Å². The molecule has 0 radical (unpaired) electrons. The van der Waals surface area contributed by atoms with E-state index in [0.29, 0.717) is 29.5 Å². The number of hydrogen-bond donors (Lipinski definition) is 0. The molecule has 4 rings (SSSR count). The molecule has 8 nitrogen and oxygen atoms in total. The quantitative estimate of drug-likeness (QED) is 0.446. The predicted octanol–water partition coefficient (Wildman–Crippen LogP) is 3.51. The van der Waals surface area contributed by atoms with Crippen molar-refractivity contribution in [2.24, 2.45) is 0 Å². The Morgan fingerprint density at radius 3 is 2.65 bits per heavy atom. The Balaban J connectivity index is 1.90. The van der Waals surface area contributed by atoms with E-state index in [2.05, 4.69) is 0 Å². The fraction of sp³-hybridized carbons (Fsp3) is 0.304. The van der Waals surface area contributed by atoms with Crippen LogP contribution in [0, 0.1) is 17.0 Å². The highest BCUT2D eigenvalue weighted by Crippen LogP contribution is 2.39. The summed E-state index contributed by atoms with van der Waals surface area (Å²) in [6, 6.07) is 10.6. The summed E-state index contributed by atoms with van der Waals surface area (Å²) < 4.78 is 5.90. The summed E-state index contributed by atoms with van der Waals surface area (Å²) in [5.74, 6) is -0.354. The van der Waals surface area contributed by atoms with Crippen LogP contribution < -0.4 is 5.43 Å². The molecule has 2 heterocycles. The first-order chi connectivity index (χ1) is 14.8. The number of benzene rings is 2. The number of fused-ring (bicyclic) bond motifs is 2. The van der Waals surface area contributed by atoms with Gasteiger partial charge in [-0.25, -0.2) is 0 Å². The molecule has 1 amide bonds. The maximum Gasteiger partial charge on any atom is 0.290 e. The van der Waals surface area contributed by atoms with Crippen LogP contribution in [-0.4, -0.2) is 47.8 Å². The van der Waals surface area contributed by atoms with E-state index < -0.39 is 11.0 Å². The van der Waals surface area contributed by atoms with Crippen LogP contribution in [0.4, 0.5) is 5.69 Å². The lowest BCUT2D eigenvalue weighted by Gasteiger charge is -2.25. The maximum absolute atomic E-state index is 13.5. The lowest BCUT2D eigenvalue weighted by Crippen LogP contribution is -2.32. The molecule has 0 aliphatic carbocycles. The zero-order valence-corrected chi connectivity index (χ0v) is 17.6. The van der Waals surface area contributed by atoms with Crippen molar-refractivity contribution in [3.63, 3.8) is 0 Å². The number of amides is 1.